The van der Waals surface area contributed by atoms with Crippen LogP contribution in [-0.4, -0.2) is 68.2 Å². The zero-order valence-corrected chi connectivity index (χ0v) is 12.7. The third-order valence-electron chi connectivity index (χ3n) is 4.73. The molecule has 5 nitrogen and oxygen atoms in total. The maximum atomic E-state index is 12.0. The van der Waals surface area contributed by atoms with Gasteiger partial charge in [0.05, 0.1) is 13.2 Å². The highest BCUT2D eigenvalue weighted by atomic mass is 16.5. The van der Waals surface area contributed by atoms with Crippen LogP contribution in [0.25, 0.3) is 0 Å². The summed E-state index contributed by atoms with van der Waals surface area (Å²) in [6, 6.07) is 0. The molecule has 2 rings (SSSR count). The molecule has 5 heteroatoms. The number of rotatable bonds is 5. The van der Waals surface area contributed by atoms with Crippen LogP contribution < -0.4 is 5.73 Å². The number of likely N-dealkylation sites (tertiary alicyclic amines) is 1. The summed E-state index contributed by atoms with van der Waals surface area (Å²) in [6.07, 6.45) is 2.86. The number of hydrogen-bond donors (Lipinski definition) is 1. The molecule has 0 aromatic carbocycles. The van der Waals surface area contributed by atoms with E-state index in [1.807, 2.05) is 4.90 Å². The standard InChI is InChI=1S/C15H29N3O2/c1-13-4-6-17(12-14(13)11-16)5-2-3-15(19)18-7-9-20-10-8-18/h13-14H,2-12,16H2,1H3. The minimum Gasteiger partial charge on any atom is -0.378 e. The lowest BCUT2D eigenvalue weighted by molar-refractivity contribution is -0.135. The quantitative estimate of drug-likeness (QED) is 0.800. The SMILES string of the molecule is CC1CCN(CCCC(=O)N2CCOCC2)CC1CN. The molecule has 2 heterocycles. The molecule has 2 saturated heterocycles. The van der Waals surface area contributed by atoms with Gasteiger partial charge in [-0.3, -0.25) is 4.79 Å². The molecule has 2 aliphatic rings. The minimum atomic E-state index is 0.286. The second-order valence-corrected chi connectivity index (χ2v) is 6.16. The van der Waals surface area contributed by atoms with E-state index in [9.17, 15) is 4.79 Å². The van der Waals surface area contributed by atoms with Crippen LogP contribution >= 0.6 is 0 Å². The highest BCUT2D eigenvalue weighted by Gasteiger charge is 2.25. The molecule has 2 N–H and O–H groups in total. The van der Waals surface area contributed by atoms with Gasteiger partial charge >= 0.3 is 0 Å². The average molecular weight is 283 g/mol. The van der Waals surface area contributed by atoms with Crippen molar-refractivity contribution in [1.82, 2.24) is 9.80 Å². The molecule has 0 saturated carbocycles. The van der Waals surface area contributed by atoms with Crippen LogP contribution in [0.3, 0.4) is 0 Å². The topological polar surface area (TPSA) is 58.8 Å². The van der Waals surface area contributed by atoms with Crippen molar-refractivity contribution in [1.29, 1.82) is 0 Å². The fourth-order valence-electron chi connectivity index (χ4n) is 3.16. The fourth-order valence-corrected chi connectivity index (χ4v) is 3.16. The summed E-state index contributed by atoms with van der Waals surface area (Å²) in [6.45, 7) is 9.26. The Bertz CT molecular complexity index is 305. The lowest BCUT2D eigenvalue weighted by Gasteiger charge is -2.36. The van der Waals surface area contributed by atoms with Gasteiger partial charge in [-0.2, -0.15) is 0 Å². The molecule has 2 unspecified atom stereocenters. The first-order valence-corrected chi connectivity index (χ1v) is 7.98. The van der Waals surface area contributed by atoms with Gasteiger partial charge in [0.2, 0.25) is 5.91 Å². The first-order chi connectivity index (χ1) is 9.70. The van der Waals surface area contributed by atoms with Crippen molar-refractivity contribution >= 4 is 5.91 Å². The van der Waals surface area contributed by atoms with Crippen molar-refractivity contribution in [2.75, 3.05) is 52.5 Å². The highest BCUT2D eigenvalue weighted by molar-refractivity contribution is 5.76. The molecule has 0 radical (unpaired) electrons. The number of ether oxygens (including phenoxy) is 1. The Labute approximate surface area is 122 Å². The van der Waals surface area contributed by atoms with Crippen LogP contribution in [0.2, 0.25) is 0 Å². The van der Waals surface area contributed by atoms with Gasteiger partial charge < -0.3 is 20.3 Å². The van der Waals surface area contributed by atoms with E-state index < -0.39 is 0 Å². The number of carbonyl (C=O) groups is 1. The van der Waals surface area contributed by atoms with Gasteiger partial charge in [-0.05, 0) is 44.3 Å². The zero-order valence-electron chi connectivity index (χ0n) is 12.7. The predicted octanol–water partition coefficient (Wildman–Crippen LogP) is 0.542. The monoisotopic (exact) mass is 283 g/mol. The van der Waals surface area contributed by atoms with Gasteiger partial charge in [-0.25, -0.2) is 0 Å². The maximum Gasteiger partial charge on any atom is 0.222 e. The first-order valence-electron chi connectivity index (χ1n) is 7.98. The Balaban J connectivity index is 1.64. The number of amides is 1. The third kappa shape index (κ3) is 4.43. The molecule has 0 aliphatic carbocycles. The van der Waals surface area contributed by atoms with E-state index in [-0.39, 0.29) is 5.91 Å². The second kappa shape index (κ2) is 7.96. The lowest BCUT2D eigenvalue weighted by Crippen LogP contribution is -2.43. The number of piperidine rings is 1. The highest BCUT2D eigenvalue weighted by Crippen LogP contribution is 2.22. The van der Waals surface area contributed by atoms with Gasteiger partial charge in [0, 0.05) is 26.1 Å². The fraction of sp³-hybridized carbons (Fsp3) is 0.933. The number of carbonyl (C=O) groups excluding carboxylic acids is 1. The Morgan fingerprint density at radius 1 is 1.30 bits per heavy atom. The van der Waals surface area contributed by atoms with Crippen molar-refractivity contribution in [2.24, 2.45) is 17.6 Å². The number of hydrogen-bond acceptors (Lipinski definition) is 4. The van der Waals surface area contributed by atoms with Gasteiger partial charge in [0.1, 0.15) is 0 Å². The molecular weight excluding hydrogens is 254 g/mol. The van der Waals surface area contributed by atoms with Crippen molar-refractivity contribution < 1.29 is 9.53 Å². The minimum absolute atomic E-state index is 0.286. The summed E-state index contributed by atoms with van der Waals surface area (Å²) in [5.74, 6) is 1.65. The zero-order chi connectivity index (χ0) is 14.4. The van der Waals surface area contributed by atoms with Crippen LogP contribution in [0, 0.1) is 11.8 Å². The molecule has 0 bridgehead atoms. The van der Waals surface area contributed by atoms with E-state index in [1.54, 1.807) is 0 Å². The third-order valence-corrected chi connectivity index (χ3v) is 4.73. The van der Waals surface area contributed by atoms with E-state index in [4.69, 9.17) is 10.5 Å². The van der Waals surface area contributed by atoms with Crippen LogP contribution in [-0.2, 0) is 9.53 Å². The Hall–Kier alpha value is -0.650. The van der Waals surface area contributed by atoms with Crippen molar-refractivity contribution in [3.8, 4) is 0 Å². The smallest absolute Gasteiger partial charge is 0.222 e. The summed E-state index contributed by atoms with van der Waals surface area (Å²) in [7, 11) is 0. The maximum absolute atomic E-state index is 12.0. The Morgan fingerprint density at radius 2 is 2.05 bits per heavy atom. The van der Waals surface area contributed by atoms with Crippen LogP contribution in [0.15, 0.2) is 0 Å². The van der Waals surface area contributed by atoms with Crippen molar-refractivity contribution in [3.63, 3.8) is 0 Å². The Kier molecular flexibility index (Phi) is 6.26. The first kappa shape index (κ1) is 15.7. The Morgan fingerprint density at radius 3 is 2.75 bits per heavy atom. The number of morpholine rings is 1. The molecule has 20 heavy (non-hydrogen) atoms. The molecule has 2 aliphatic heterocycles. The summed E-state index contributed by atoms with van der Waals surface area (Å²) < 4.78 is 5.27. The van der Waals surface area contributed by atoms with Gasteiger partial charge in [-0.1, -0.05) is 6.92 Å². The summed E-state index contributed by atoms with van der Waals surface area (Å²) in [5, 5.41) is 0. The van der Waals surface area contributed by atoms with E-state index in [0.717, 1.165) is 51.6 Å². The normalized spacial score (nSPS) is 28.6. The van der Waals surface area contributed by atoms with Gasteiger partial charge in [0.25, 0.3) is 0 Å². The van der Waals surface area contributed by atoms with E-state index in [1.165, 1.54) is 6.42 Å². The second-order valence-electron chi connectivity index (χ2n) is 6.16. The molecule has 0 aromatic heterocycles. The summed E-state index contributed by atoms with van der Waals surface area (Å²) in [5.41, 5.74) is 5.83. The summed E-state index contributed by atoms with van der Waals surface area (Å²) in [4.78, 5) is 16.5. The molecule has 1 amide bonds. The van der Waals surface area contributed by atoms with E-state index in [0.29, 0.717) is 25.6 Å². The lowest BCUT2D eigenvalue weighted by atomic mass is 9.87. The van der Waals surface area contributed by atoms with Crippen LogP contribution in [0.4, 0.5) is 0 Å². The van der Waals surface area contributed by atoms with Crippen molar-refractivity contribution in [3.05, 3.63) is 0 Å². The summed E-state index contributed by atoms with van der Waals surface area (Å²) >= 11 is 0. The molecule has 116 valence electrons. The largest absolute Gasteiger partial charge is 0.378 e. The van der Waals surface area contributed by atoms with Gasteiger partial charge in [-0.15, -0.1) is 0 Å². The van der Waals surface area contributed by atoms with E-state index >= 15 is 0 Å². The van der Waals surface area contributed by atoms with Crippen LogP contribution in [0.5, 0.6) is 0 Å². The predicted molar refractivity (Wildman–Crippen MR) is 79.4 cm³/mol. The average Bonchev–Trinajstić information content (AvgIpc) is 2.49. The molecule has 0 spiro atoms. The molecular formula is C15H29N3O2. The van der Waals surface area contributed by atoms with Crippen molar-refractivity contribution in [2.45, 2.75) is 26.2 Å². The molecule has 2 atom stereocenters. The number of nitrogens with zero attached hydrogens (tertiary/aromatic N) is 2. The molecule has 2 fully saturated rings. The van der Waals surface area contributed by atoms with E-state index in [2.05, 4.69) is 11.8 Å². The van der Waals surface area contributed by atoms with Gasteiger partial charge in [0.15, 0.2) is 0 Å². The molecule has 0 aromatic rings. The number of nitrogens with two attached hydrogens (primary N) is 1. The van der Waals surface area contributed by atoms with Crippen LogP contribution in [0.1, 0.15) is 26.2 Å².